The lowest BCUT2D eigenvalue weighted by molar-refractivity contribution is 0.0314. The summed E-state index contributed by atoms with van der Waals surface area (Å²) in [5, 5.41) is 0. The van der Waals surface area contributed by atoms with Crippen LogP contribution >= 0.6 is 15.9 Å². The highest BCUT2D eigenvalue weighted by Crippen LogP contribution is 2.18. The molecule has 0 amide bonds. The first-order chi connectivity index (χ1) is 10.9. The smallest absolute Gasteiger partial charge is 0.341 e. The molecule has 0 aliphatic heterocycles. The molecule has 0 saturated heterocycles. The van der Waals surface area contributed by atoms with Gasteiger partial charge in [0.2, 0.25) is 5.78 Å². The molecule has 23 heavy (non-hydrogen) atoms. The van der Waals surface area contributed by atoms with E-state index in [2.05, 4.69) is 15.9 Å². The molecule has 0 aliphatic carbocycles. The minimum Gasteiger partial charge on any atom is -0.497 e. The zero-order chi connectivity index (χ0) is 17.0. The number of hydrogen-bond acceptors (Lipinski definition) is 4. The summed E-state index contributed by atoms with van der Waals surface area (Å²) in [5.41, 5.74) is 0.157. The summed E-state index contributed by atoms with van der Waals surface area (Å²) in [7, 11) is 1.39. The van der Waals surface area contributed by atoms with Crippen molar-refractivity contribution in [2.45, 2.75) is 13.0 Å². The lowest BCUT2D eigenvalue weighted by Gasteiger charge is -2.13. The number of ketones is 1. The predicted molar refractivity (Wildman–Crippen MR) is 86.3 cm³/mol. The highest BCUT2D eigenvalue weighted by atomic mass is 79.9. The summed E-state index contributed by atoms with van der Waals surface area (Å²) in [4.78, 5) is 24.2. The third-order valence-electron chi connectivity index (χ3n) is 3.18. The average molecular weight is 381 g/mol. The van der Waals surface area contributed by atoms with Gasteiger partial charge in [0.1, 0.15) is 11.6 Å². The van der Waals surface area contributed by atoms with Crippen molar-refractivity contribution in [2.24, 2.45) is 0 Å². The molecule has 0 radical (unpaired) electrons. The Morgan fingerprint density at radius 1 is 1.13 bits per heavy atom. The summed E-state index contributed by atoms with van der Waals surface area (Å²) in [6, 6.07) is 10.4. The first kappa shape index (κ1) is 17.1. The largest absolute Gasteiger partial charge is 0.497 e. The van der Waals surface area contributed by atoms with Crippen LogP contribution in [0.3, 0.4) is 0 Å². The minimum atomic E-state index is -1.02. The molecular formula is C17H14BrFO4. The number of carbonyl (C=O) groups excluding carboxylic acids is 2. The summed E-state index contributed by atoms with van der Waals surface area (Å²) >= 11 is 3.27. The third kappa shape index (κ3) is 4.16. The Balaban J connectivity index is 2.10. The molecule has 6 heteroatoms. The number of Topliss-reactive ketones (excluding diaryl/α,β-unsaturated/α-hetero) is 1. The number of halogens is 2. The number of ether oxygens (including phenoxy) is 2. The molecule has 0 heterocycles. The van der Waals surface area contributed by atoms with Gasteiger partial charge in [-0.15, -0.1) is 0 Å². The molecular weight excluding hydrogens is 367 g/mol. The molecule has 0 N–H and O–H groups in total. The molecule has 0 saturated carbocycles. The van der Waals surface area contributed by atoms with Crippen LogP contribution in [0, 0.1) is 5.82 Å². The van der Waals surface area contributed by atoms with Crippen LogP contribution in [0.25, 0.3) is 0 Å². The van der Waals surface area contributed by atoms with Crippen molar-refractivity contribution in [3.05, 3.63) is 63.9 Å². The van der Waals surface area contributed by atoms with Gasteiger partial charge in [0.25, 0.3) is 0 Å². The van der Waals surface area contributed by atoms with Crippen LogP contribution in [0.5, 0.6) is 5.75 Å². The summed E-state index contributed by atoms with van der Waals surface area (Å²) in [6.45, 7) is 1.45. The zero-order valence-corrected chi connectivity index (χ0v) is 14.1. The van der Waals surface area contributed by atoms with Gasteiger partial charge >= 0.3 is 5.97 Å². The summed E-state index contributed by atoms with van der Waals surface area (Å²) < 4.78 is 24.6. The lowest BCUT2D eigenvalue weighted by atomic mass is 10.1. The molecule has 2 rings (SSSR count). The van der Waals surface area contributed by atoms with Gasteiger partial charge in [-0.2, -0.15) is 0 Å². The molecule has 120 valence electrons. The Morgan fingerprint density at radius 3 is 2.35 bits per heavy atom. The Kier molecular flexibility index (Phi) is 5.50. The average Bonchev–Trinajstić information content (AvgIpc) is 2.54. The van der Waals surface area contributed by atoms with E-state index in [0.29, 0.717) is 5.56 Å². The van der Waals surface area contributed by atoms with Gasteiger partial charge in [-0.3, -0.25) is 4.79 Å². The maximum Gasteiger partial charge on any atom is 0.341 e. The van der Waals surface area contributed by atoms with Crippen molar-refractivity contribution < 1.29 is 23.5 Å². The van der Waals surface area contributed by atoms with Crippen molar-refractivity contribution in [3.63, 3.8) is 0 Å². The van der Waals surface area contributed by atoms with Crippen LogP contribution in [0.1, 0.15) is 27.6 Å². The minimum absolute atomic E-state index is 0.249. The van der Waals surface area contributed by atoms with Gasteiger partial charge in [0, 0.05) is 16.1 Å². The number of rotatable bonds is 5. The van der Waals surface area contributed by atoms with Crippen LogP contribution in [-0.2, 0) is 4.74 Å². The molecule has 0 aliphatic rings. The van der Waals surface area contributed by atoms with Crippen molar-refractivity contribution in [1.29, 1.82) is 0 Å². The molecule has 0 fully saturated rings. The van der Waals surface area contributed by atoms with Crippen LogP contribution in [0.4, 0.5) is 4.39 Å². The van der Waals surface area contributed by atoms with E-state index in [4.69, 9.17) is 9.47 Å². The van der Waals surface area contributed by atoms with Crippen molar-refractivity contribution in [1.82, 2.24) is 0 Å². The van der Waals surface area contributed by atoms with Crippen LogP contribution < -0.4 is 4.74 Å². The monoisotopic (exact) mass is 380 g/mol. The molecule has 0 bridgehead atoms. The molecule has 0 unspecified atom stereocenters. The number of carbonyl (C=O) groups is 2. The second kappa shape index (κ2) is 7.37. The second-order valence-electron chi connectivity index (χ2n) is 4.76. The van der Waals surface area contributed by atoms with Crippen LogP contribution in [-0.4, -0.2) is 25.0 Å². The molecule has 1 atom stereocenters. The normalized spacial score (nSPS) is 11.7. The van der Waals surface area contributed by atoms with Gasteiger partial charge in [0.15, 0.2) is 6.10 Å². The number of hydrogen-bond donors (Lipinski definition) is 0. The Hall–Kier alpha value is -2.21. The van der Waals surface area contributed by atoms with E-state index in [1.54, 1.807) is 24.3 Å². The van der Waals surface area contributed by atoms with Crippen molar-refractivity contribution >= 4 is 27.7 Å². The molecule has 4 nitrogen and oxygen atoms in total. The van der Waals surface area contributed by atoms with E-state index in [0.717, 1.165) is 10.5 Å². The van der Waals surface area contributed by atoms with Gasteiger partial charge in [-0.1, -0.05) is 28.1 Å². The Morgan fingerprint density at radius 2 is 1.78 bits per heavy atom. The fraction of sp³-hybridized carbons (Fsp3) is 0.176. The fourth-order valence-corrected chi connectivity index (χ4v) is 2.18. The van der Waals surface area contributed by atoms with E-state index >= 15 is 0 Å². The van der Waals surface area contributed by atoms with E-state index in [9.17, 15) is 14.0 Å². The van der Waals surface area contributed by atoms with Gasteiger partial charge in [0.05, 0.1) is 12.7 Å². The number of benzene rings is 2. The second-order valence-corrected chi connectivity index (χ2v) is 5.68. The Bertz CT molecular complexity index is 728. The van der Waals surface area contributed by atoms with Crippen LogP contribution in [0.2, 0.25) is 0 Å². The van der Waals surface area contributed by atoms with Crippen molar-refractivity contribution in [3.8, 4) is 5.75 Å². The highest BCUT2D eigenvalue weighted by Gasteiger charge is 2.22. The van der Waals surface area contributed by atoms with E-state index < -0.39 is 17.9 Å². The predicted octanol–water partition coefficient (Wildman–Crippen LogP) is 4.03. The number of methoxy groups -OCH3 is 1. The first-order valence-electron chi connectivity index (χ1n) is 6.76. The van der Waals surface area contributed by atoms with Crippen molar-refractivity contribution in [2.75, 3.05) is 7.11 Å². The summed E-state index contributed by atoms with van der Waals surface area (Å²) in [6.07, 6.45) is -1.02. The maximum atomic E-state index is 13.8. The summed E-state index contributed by atoms with van der Waals surface area (Å²) in [5.74, 6) is -1.74. The topological polar surface area (TPSA) is 52.6 Å². The van der Waals surface area contributed by atoms with E-state index in [1.165, 1.54) is 26.2 Å². The molecule has 2 aromatic rings. The highest BCUT2D eigenvalue weighted by molar-refractivity contribution is 9.10. The zero-order valence-electron chi connectivity index (χ0n) is 12.5. The van der Waals surface area contributed by atoms with Crippen LogP contribution in [0.15, 0.2) is 46.9 Å². The number of esters is 1. The van der Waals surface area contributed by atoms with Gasteiger partial charge in [-0.25, -0.2) is 9.18 Å². The maximum absolute atomic E-state index is 13.8. The fourth-order valence-electron chi connectivity index (χ4n) is 1.91. The molecule has 0 aromatic heterocycles. The first-order valence-corrected chi connectivity index (χ1v) is 7.56. The standard InChI is InChI=1S/C17H14BrFO4/c1-10(16(20)11-3-5-12(18)6-4-11)23-17(21)14-8-7-13(22-2)9-15(14)19/h3-10H,1-2H3/t10-/m1/s1. The SMILES string of the molecule is COc1ccc(C(=O)O[C@H](C)C(=O)c2ccc(Br)cc2)c(F)c1. The quantitative estimate of drug-likeness (QED) is 0.580. The lowest BCUT2D eigenvalue weighted by Crippen LogP contribution is -2.24. The van der Waals surface area contributed by atoms with E-state index in [-0.39, 0.29) is 17.1 Å². The molecule has 0 spiro atoms. The van der Waals surface area contributed by atoms with Gasteiger partial charge < -0.3 is 9.47 Å². The van der Waals surface area contributed by atoms with Gasteiger partial charge in [-0.05, 0) is 31.2 Å². The molecule has 2 aromatic carbocycles. The van der Waals surface area contributed by atoms with E-state index in [1.807, 2.05) is 0 Å². The Labute approximate surface area is 141 Å². The third-order valence-corrected chi connectivity index (χ3v) is 3.71.